The van der Waals surface area contributed by atoms with Crippen LogP contribution in [0.4, 0.5) is 0 Å². The highest BCUT2D eigenvalue weighted by atomic mass is 16.3. The van der Waals surface area contributed by atoms with E-state index in [1.165, 1.54) is 193 Å². The molecule has 0 aliphatic heterocycles. The first-order valence-electron chi connectivity index (χ1n) is 21.2. The summed E-state index contributed by atoms with van der Waals surface area (Å²) in [5, 5.41) is 22.8. The predicted molar refractivity (Wildman–Crippen MR) is 203 cm³/mol. The first kappa shape index (κ1) is 45.4. The highest BCUT2D eigenvalue weighted by molar-refractivity contribution is 5.76. The number of nitrogens with one attached hydrogen (secondary N) is 1. The Morgan fingerprint density at radius 1 is 0.435 bits per heavy atom. The Bertz CT molecular complexity index is 583. The van der Waals surface area contributed by atoms with Crippen LogP contribution in [-0.2, 0) is 4.79 Å². The minimum absolute atomic E-state index is 0.0332. The van der Waals surface area contributed by atoms with Gasteiger partial charge in [0.15, 0.2) is 0 Å². The number of hydrogen-bond acceptors (Lipinski definition) is 3. The molecule has 0 spiro atoms. The van der Waals surface area contributed by atoms with Crippen molar-refractivity contribution >= 4 is 5.91 Å². The molecule has 0 aliphatic carbocycles. The summed E-state index contributed by atoms with van der Waals surface area (Å²) in [6.07, 6.45) is 46.6. The molecule has 0 rings (SSSR count). The van der Waals surface area contributed by atoms with Crippen molar-refractivity contribution in [1.82, 2.24) is 5.32 Å². The first-order chi connectivity index (χ1) is 22.7. The molecule has 0 saturated carbocycles. The minimum atomic E-state index is -0.649. The number of aliphatic hydroxyl groups is 2. The van der Waals surface area contributed by atoms with E-state index in [9.17, 15) is 15.0 Å². The zero-order valence-corrected chi connectivity index (χ0v) is 31.6. The van der Waals surface area contributed by atoms with Crippen molar-refractivity contribution in [2.45, 2.75) is 257 Å². The molecule has 0 heterocycles. The fourth-order valence-electron chi connectivity index (χ4n) is 6.83. The Morgan fingerprint density at radius 3 is 0.978 bits per heavy atom. The van der Waals surface area contributed by atoms with Crippen molar-refractivity contribution in [3.63, 3.8) is 0 Å². The van der Waals surface area contributed by atoms with Crippen molar-refractivity contribution < 1.29 is 15.0 Å². The van der Waals surface area contributed by atoms with E-state index in [0.717, 1.165) is 25.7 Å². The van der Waals surface area contributed by atoms with Crippen LogP contribution in [0.5, 0.6) is 0 Å². The van der Waals surface area contributed by atoms with Gasteiger partial charge in [0.25, 0.3) is 0 Å². The smallest absolute Gasteiger partial charge is 0.220 e. The molecular weight excluding hydrogens is 566 g/mol. The molecule has 4 nitrogen and oxygen atoms in total. The van der Waals surface area contributed by atoms with Gasteiger partial charge in [-0.3, -0.25) is 4.79 Å². The van der Waals surface area contributed by atoms with Gasteiger partial charge in [0.1, 0.15) is 0 Å². The molecule has 2 atom stereocenters. The van der Waals surface area contributed by atoms with Gasteiger partial charge in [-0.1, -0.05) is 226 Å². The van der Waals surface area contributed by atoms with Crippen LogP contribution in [0.1, 0.15) is 245 Å². The van der Waals surface area contributed by atoms with Crippen LogP contribution < -0.4 is 5.32 Å². The van der Waals surface area contributed by atoms with Crippen LogP contribution in [0.15, 0.2) is 0 Å². The lowest BCUT2D eigenvalue weighted by Crippen LogP contribution is -2.45. The van der Waals surface area contributed by atoms with E-state index in [4.69, 9.17) is 0 Å². The van der Waals surface area contributed by atoms with Crippen molar-refractivity contribution in [3.05, 3.63) is 0 Å². The van der Waals surface area contributed by atoms with E-state index < -0.39 is 12.1 Å². The van der Waals surface area contributed by atoms with Crippen LogP contribution in [-0.4, -0.2) is 34.9 Å². The predicted octanol–water partition coefficient (Wildman–Crippen LogP) is 12.9. The molecule has 0 saturated heterocycles. The first-order valence-corrected chi connectivity index (χ1v) is 21.2. The zero-order valence-electron chi connectivity index (χ0n) is 31.6. The average Bonchev–Trinajstić information content (AvgIpc) is 3.06. The maximum atomic E-state index is 12.3. The molecule has 46 heavy (non-hydrogen) atoms. The third-order valence-electron chi connectivity index (χ3n) is 10.1. The molecular formula is C42H85NO3. The summed E-state index contributed by atoms with van der Waals surface area (Å²) in [6.45, 7) is 4.30. The summed E-state index contributed by atoms with van der Waals surface area (Å²) in [7, 11) is 0. The third kappa shape index (κ3) is 34.7. The Labute approximate surface area is 289 Å². The molecule has 0 aromatic carbocycles. The molecule has 0 fully saturated rings. The minimum Gasteiger partial charge on any atom is -0.394 e. The molecule has 3 N–H and O–H groups in total. The largest absolute Gasteiger partial charge is 0.394 e. The maximum absolute atomic E-state index is 12.3. The average molecular weight is 652 g/mol. The molecule has 0 aromatic heterocycles. The van der Waals surface area contributed by atoms with Gasteiger partial charge in [0.2, 0.25) is 5.91 Å². The maximum Gasteiger partial charge on any atom is 0.220 e. The van der Waals surface area contributed by atoms with Gasteiger partial charge < -0.3 is 15.5 Å². The Hall–Kier alpha value is -0.610. The molecule has 0 aliphatic rings. The number of unbranched alkanes of at least 4 members (excludes halogenated alkanes) is 32. The summed E-state index contributed by atoms with van der Waals surface area (Å²) in [5.74, 6) is -0.0332. The quantitative estimate of drug-likeness (QED) is 0.0579. The fourth-order valence-corrected chi connectivity index (χ4v) is 6.83. The standard InChI is InChI=1S/C42H85NO3/c1-3-5-7-9-10-11-12-13-14-15-16-17-18-19-20-21-22-23-24-25-26-27-28-29-30-31-32-34-36-38-42(46)43-40(39-44)41(45)37-35-33-8-6-4-2/h40-41,44-45H,3-39H2,1-2H3,(H,43,46). The third-order valence-corrected chi connectivity index (χ3v) is 10.1. The second kappa shape index (κ2) is 38.8. The normalized spacial score (nSPS) is 12.9. The van der Waals surface area contributed by atoms with Gasteiger partial charge in [0, 0.05) is 6.42 Å². The van der Waals surface area contributed by atoms with E-state index in [2.05, 4.69) is 19.2 Å². The van der Waals surface area contributed by atoms with Gasteiger partial charge in [-0.05, 0) is 12.8 Å². The van der Waals surface area contributed by atoms with Gasteiger partial charge in [-0.2, -0.15) is 0 Å². The number of rotatable bonds is 39. The zero-order chi connectivity index (χ0) is 33.6. The number of hydrogen-bond donors (Lipinski definition) is 3. The lowest BCUT2D eigenvalue weighted by atomic mass is 10.0. The SMILES string of the molecule is CCCCCCCCCCCCCCCCCCCCCCCCCCCCCCCC(=O)NC(CO)C(O)CCCCCCC. The highest BCUT2D eigenvalue weighted by Gasteiger charge is 2.19. The second-order valence-corrected chi connectivity index (χ2v) is 14.8. The summed E-state index contributed by atoms with van der Waals surface area (Å²) < 4.78 is 0. The van der Waals surface area contributed by atoms with Crippen molar-refractivity contribution in [1.29, 1.82) is 0 Å². The molecule has 4 heteroatoms. The number of amides is 1. The molecule has 2 unspecified atom stereocenters. The van der Waals surface area contributed by atoms with Crippen LogP contribution >= 0.6 is 0 Å². The van der Waals surface area contributed by atoms with E-state index in [1.54, 1.807) is 0 Å². The van der Waals surface area contributed by atoms with Crippen LogP contribution in [0.3, 0.4) is 0 Å². The van der Waals surface area contributed by atoms with E-state index in [1.807, 2.05) is 0 Å². The molecule has 1 amide bonds. The lowest BCUT2D eigenvalue weighted by molar-refractivity contribution is -0.123. The monoisotopic (exact) mass is 652 g/mol. The van der Waals surface area contributed by atoms with E-state index in [-0.39, 0.29) is 12.5 Å². The van der Waals surface area contributed by atoms with Gasteiger partial charge in [-0.25, -0.2) is 0 Å². The summed E-state index contributed by atoms with van der Waals surface area (Å²) in [4.78, 5) is 12.3. The van der Waals surface area contributed by atoms with Crippen LogP contribution in [0.2, 0.25) is 0 Å². The topological polar surface area (TPSA) is 69.6 Å². The molecule has 0 bridgehead atoms. The summed E-state index contributed by atoms with van der Waals surface area (Å²) in [5.41, 5.74) is 0. The van der Waals surface area contributed by atoms with Crippen LogP contribution in [0, 0.1) is 0 Å². The van der Waals surface area contributed by atoms with E-state index in [0.29, 0.717) is 12.8 Å². The summed E-state index contributed by atoms with van der Waals surface area (Å²) in [6, 6.07) is -0.526. The Balaban J connectivity index is 3.29. The molecule has 0 radical (unpaired) electrons. The van der Waals surface area contributed by atoms with Crippen LogP contribution in [0.25, 0.3) is 0 Å². The second-order valence-electron chi connectivity index (χ2n) is 14.8. The molecule has 276 valence electrons. The van der Waals surface area contributed by atoms with Crippen molar-refractivity contribution in [2.75, 3.05) is 6.61 Å². The number of carbonyl (C=O) groups excluding carboxylic acids is 1. The highest BCUT2D eigenvalue weighted by Crippen LogP contribution is 2.17. The Morgan fingerprint density at radius 2 is 0.696 bits per heavy atom. The van der Waals surface area contributed by atoms with E-state index >= 15 is 0 Å². The summed E-state index contributed by atoms with van der Waals surface area (Å²) >= 11 is 0. The Kier molecular flexibility index (Phi) is 38.3. The lowest BCUT2D eigenvalue weighted by Gasteiger charge is -2.22. The van der Waals surface area contributed by atoms with Gasteiger partial charge in [0.05, 0.1) is 18.8 Å². The van der Waals surface area contributed by atoms with Gasteiger partial charge >= 0.3 is 0 Å². The fraction of sp³-hybridized carbons (Fsp3) is 0.976. The van der Waals surface area contributed by atoms with Crippen molar-refractivity contribution in [2.24, 2.45) is 0 Å². The van der Waals surface area contributed by atoms with Gasteiger partial charge in [-0.15, -0.1) is 0 Å². The molecule has 0 aromatic rings. The number of carbonyl (C=O) groups is 1. The number of aliphatic hydroxyl groups excluding tert-OH is 2. The van der Waals surface area contributed by atoms with Crippen molar-refractivity contribution in [3.8, 4) is 0 Å².